The number of nitrogens with one attached hydrogen (secondary N) is 1. The second-order valence-corrected chi connectivity index (χ2v) is 8.26. The number of piperidine rings is 1. The highest BCUT2D eigenvalue weighted by molar-refractivity contribution is 5.95. The topological polar surface area (TPSA) is 81.8 Å². The van der Waals surface area contributed by atoms with E-state index < -0.39 is 0 Å². The maximum absolute atomic E-state index is 13.4. The third-order valence-electron chi connectivity index (χ3n) is 6.13. The summed E-state index contributed by atoms with van der Waals surface area (Å²) in [6.45, 7) is 4.55. The molecule has 2 amide bonds. The van der Waals surface area contributed by atoms with Gasteiger partial charge in [-0.15, -0.1) is 0 Å². The van der Waals surface area contributed by atoms with Crippen molar-refractivity contribution in [3.05, 3.63) is 47.5 Å². The number of rotatable bonds is 4. The fourth-order valence-corrected chi connectivity index (χ4v) is 4.20. The highest BCUT2D eigenvalue weighted by atomic mass is 19.1. The molecular weight excluding hydrogens is 401 g/mol. The molecule has 0 aliphatic carbocycles. The lowest BCUT2D eigenvalue weighted by atomic mass is 10.0. The maximum atomic E-state index is 13.4. The summed E-state index contributed by atoms with van der Waals surface area (Å²) in [5, 5.41) is 6.72. The van der Waals surface area contributed by atoms with Crippen molar-refractivity contribution in [1.82, 2.24) is 24.9 Å². The minimum absolute atomic E-state index is 0.0353. The van der Waals surface area contributed by atoms with Gasteiger partial charge in [0.2, 0.25) is 5.91 Å². The van der Waals surface area contributed by atoms with Gasteiger partial charge in [0.25, 0.3) is 5.91 Å². The van der Waals surface area contributed by atoms with Crippen LogP contribution in [0.25, 0.3) is 0 Å². The van der Waals surface area contributed by atoms with Gasteiger partial charge in [0.15, 0.2) is 0 Å². The second-order valence-electron chi connectivity index (χ2n) is 8.26. The van der Waals surface area contributed by atoms with Gasteiger partial charge in [-0.3, -0.25) is 19.6 Å². The molecule has 166 valence electrons. The number of aromatic nitrogens is 2. The quantitative estimate of drug-likeness (QED) is 0.800. The Kier molecular flexibility index (Phi) is 6.22. The van der Waals surface area contributed by atoms with Gasteiger partial charge in [-0.2, -0.15) is 5.10 Å². The molecule has 1 aromatic carbocycles. The van der Waals surface area contributed by atoms with E-state index in [9.17, 15) is 14.0 Å². The van der Waals surface area contributed by atoms with E-state index in [1.807, 2.05) is 23.8 Å². The Hall–Kier alpha value is -2.94. The van der Waals surface area contributed by atoms with Gasteiger partial charge >= 0.3 is 0 Å². The highest BCUT2D eigenvalue weighted by Crippen LogP contribution is 2.22. The summed E-state index contributed by atoms with van der Waals surface area (Å²) in [5.41, 5.74) is 1.28. The largest absolute Gasteiger partial charge is 0.490 e. The number of aryl methyl sites for hydroxylation is 1. The number of likely N-dealkylation sites (N-methyl/N-ethyl adjacent to an activating group) is 1. The van der Waals surface area contributed by atoms with Gasteiger partial charge in [-0.1, -0.05) is 6.07 Å². The van der Waals surface area contributed by atoms with Gasteiger partial charge < -0.3 is 14.5 Å². The molecule has 0 radical (unpaired) electrons. The van der Waals surface area contributed by atoms with E-state index in [1.54, 1.807) is 17.0 Å². The number of piperazine rings is 1. The van der Waals surface area contributed by atoms with Gasteiger partial charge in [0, 0.05) is 57.3 Å². The monoisotopic (exact) mass is 429 g/mol. The van der Waals surface area contributed by atoms with E-state index in [0.29, 0.717) is 56.9 Å². The number of halogens is 1. The molecule has 0 saturated carbocycles. The van der Waals surface area contributed by atoms with E-state index >= 15 is 0 Å². The lowest BCUT2D eigenvalue weighted by molar-refractivity contribution is -0.140. The zero-order valence-electron chi connectivity index (χ0n) is 17.9. The molecule has 2 aliphatic rings. The van der Waals surface area contributed by atoms with E-state index in [2.05, 4.69) is 10.2 Å². The second kappa shape index (κ2) is 9.05. The Labute approximate surface area is 180 Å². The predicted octanol–water partition coefficient (Wildman–Crippen LogP) is 1.68. The van der Waals surface area contributed by atoms with Gasteiger partial charge in [-0.25, -0.2) is 4.39 Å². The first-order chi connectivity index (χ1) is 14.9. The van der Waals surface area contributed by atoms with Crippen LogP contribution in [0.1, 0.15) is 28.9 Å². The SMILES string of the molecule is Cc1[nH]ncc1C(=O)N1CCN(C)[C@@H](C(=O)N2CCC(Oc3cccc(F)c3)CC2)C1. The normalized spacial score (nSPS) is 20.7. The van der Waals surface area contributed by atoms with Crippen LogP contribution >= 0.6 is 0 Å². The van der Waals surface area contributed by atoms with E-state index in [4.69, 9.17) is 4.74 Å². The first-order valence-corrected chi connectivity index (χ1v) is 10.6. The third kappa shape index (κ3) is 4.71. The number of likely N-dealkylation sites (tertiary alicyclic amines) is 1. The standard InChI is InChI=1S/C22H28FN5O3/c1-15-19(13-24-25-15)21(29)28-11-10-26(2)20(14-28)22(30)27-8-6-17(7-9-27)31-18-5-3-4-16(23)12-18/h3-5,12-13,17,20H,6-11,14H2,1-2H3,(H,24,25)/t20-/m1/s1. The molecule has 0 unspecified atom stereocenters. The van der Waals surface area contributed by atoms with Crippen molar-refractivity contribution in [1.29, 1.82) is 0 Å². The molecule has 31 heavy (non-hydrogen) atoms. The van der Waals surface area contributed by atoms with E-state index in [0.717, 1.165) is 5.69 Å². The summed E-state index contributed by atoms with van der Waals surface area (Å²) in [7, 11) is 1.92. The first-order valence-electron chi connectivity index (χ1n) is 10.6. The molecule has 2 fully saturated rings. The number of ether oxygens (including phenoxy) is 1. The van der Waals surface area contributed by atoms with Crippen molar-refractivity contribution in [2.75, 3.05) is 39.8 Å². The number of benzene rings is 1. The number of hydrogen-bond donors (Lipinski definition) is 1. The lowest BCUT2D eigenvalue weighted by Crippen LogP contribution is -2.60. The molecular formula is C22H28FN5O3. The van der Waals surface area contributed by atoms with Crippen LogP contribution in [0.15, 0.2) is 30.5 Å². The van der Waals surface area contributed by atoms with E-state index in [-0.39, 0.29) is 29.8 Å². The van der Waals surface area contributed by atoms with Crippen molar-refractivity contribution in [2.24, 2.45) is 0 Å². The molecule has 1 N–H and O–H groups in total. The Morgan fingerprint density at radius 1 is 1.16 bits per heavy atom. The summed E-state index contributed by atoms with van der Waals surface area (Å²) in [6.07, 6.45) is 2.87. The number of aromatic amines is 1. The number of hydrogen-bond acceptors (Lipinski definition) is 5. The summed E-state index contributed by atoms with van der Waals surface area (Å²) in [4.78, 5) is 31.7. The molecule has 2 saturated heterocycles. The highest BCUT2D eigenvalue weighted by Gasteiger charge is 2.36. The van der Waals surface area contributed by atoms with Crippen molar-refractivity contribution >= 4 is 11.8 Å². The van der Waals surface area contributed by atoms with Crippen molar-refractivity contribution in [3.63, 3.8) is 0 Å². The van der Waals surface area contributed by atoms with Crippen LogP contribution in [0.4, 0.5) is 4.39 Å². The summed E-state index contributed by atoms with van der Waals surface area (Å²) >= 11 is 0. The van der Waals surface area contributed by atoms with E-state index in [1.165, 1.54) is 18.3 Å². The fourth-order valence-electron chi connectivity index (χ4n) is 4.20. The Morgan fingerprint density at radius 3 is 2.61 bits per heavy atom. The average Bonchev–Trinajstić information content (AvgIpc) is 3.19. The fraction of sp³-hybridized carbons (Fsp3) is 0.500. The summed E-state index contributed by atoms with van der Waals surface area (Å²) in [6, 6.07) is 5.76. The number of carbonyl (C=O) groups excluding carboxylic acids is 2. The van der Waals surface area contributed by atoms with Crippen molar-refractivity contribution < 1.29 is 18.7 Å². The zero-order valence-corrected chi connectivity index (χ0v) is 17.9. The number of H-pyrrole nitrogens is 1. The summed E-state index contributed by atoms with van der Waals surface area (Å²) in [5.74, 6) is 0.128. The van der Waals surface area contributed by atoms with Gasteiger partial charge in [0.05, 0.1) is 11.8 Å². The lowest BCUT2D eigenvalue weighted by Gasteiger charge is -2.42. The van der Waals surface area contributed by atoms with Crippen LogP contribution in [0.3, 0.4) is 0 Å². The number of amides is 2. The Morgan fingerprint density at radius 2 is 1.94 bits per heavy atom. The molecule has 8 nitrogen and oxygen atoms in total. The molecule has 1 aromatic heterocycles. The molecule has 2 aliphatic heterocycles. The predicted molar refractivity (Wildman–Crippen MR) is 112 cm³/mol. The van der Waals surface area contributed by atoms with Gasteiger partial charge in [0.1, 0.15) is 23.7 Å². The third-order valence-corrected chi connectivity index (χ3v) is 6.13. The molecule has 3 heterocycles. The van der Waals surface area contributed by atoms with Crippen LogP contribution in [0, 0.1) is 12.7 Å². The average molecular weight is 429 g/mol. The zero-order chi connectivity index (χ0) is 22.0. The molecule has 0 bridgehead atoms. The Balaban J connectivity index is 1.34. The molecule has 9 heteroatoms. The van der Waals surface area contributed by atoms with Crippen LogP contribution in [0.2, 0.25) is 0 Å². The molecule has 1 atom stereocenters. The summed E-state index contributed by atoms with van der Waals surface area (Å²) < 4.78 is 19.2. The number of carbonyl (C=O) groups is 2. The van der Waals surface area contributed by atoms with Crippen molar-refractivity contribution in [3.8, 4) is 5.75 Å². The maximum Gasteiger partial charge on any atom is 0.257 e. The van der Waals surface area contributed by atoms with Crippen LogP contribution < -0.4 is 4.74 Å². The minimum atomic E-state index is -0.370. The van der Waals surface area contributed by atoms with Crippen LogP contribution in [-0.4, -0.2) is 88.6 Å². The number of nitrogens with zero attached hydrogens (tertiary/aromatic N) is 4. The minimum Gasteiger partial charge on any atom is -0.490 e. The molecule has 2 aromatic rings. The molecule has 0 spiro atoms. The smallest absolute Gasteiger partial charge is 0.257 e. The Bertz CT molecular complexity index is 941. The van der Waals surface area contributed by atoms with Crippen molar-refractivity contribution in [2.45, 2.75) is 31.9 Å². The molecule has 4 rings (SSSR count). The first kappa shape index (κ1) is 21.3. The van der Waals surface area contributed by atoms with Crippen LogP contribution in [0.5, 0.6) is 5.75 Å². The van der Waals surface area contributed by atoms with Gasteiger partial charge in [-0.05, 0) is 26.1 Å². The van der Waals surface area contributed by atoms with Crippen LogP contribution in [-0.2, 0) is 4.79 Å².